The van der Waals surface area contributed by atoms with Crippen LogP contribution in [0.5, 0.6) is 0 Å². The monoisotopic (exact) mass is 309 g/mol. The summed E-state index contributed by atoms with van der Waals surface area (Å²) in [7, 11) is 0. The number of hydrogen-bond acceptors (Lipinski definition) is 7. The number of carbonyl (C=O) groups is 1. The molecule has 0 unspecified atom stereocenters. The molecular formula is C13H15N3O2S2. The van der Waals surface area contributed by atoms with Crippen molar-refractivity contribution in [2.45, 2.75) is 18.5 Å². The zero-order valence-corrected chi connectivity index (χ0v) is 12.7. The summed E-state index contributed by atoms with van der Waals surface area (Å²) < 4.78 is 4.87. The Hall–Kier alpha value is -1.60. The van der Waals surface area contributed by atoms with Crippen molar-refractivity contribution in [2.75, 3.05) is 18.1 Å². The van der Waals surface area contributed by atoms with Crippen LogP contribution in [0.25, 0.3) is 0 Å². The van der Waals surface area contributed by atoms with Crippen molar-refractivity contribution in [1.82, 2.24) is 9.97 Å². The summed E-state index contributed by atoms with van der Waals surface area (Å²) in [6, 6.07) is 4.14. The van der Waals surface area contributed by atoms with E-state index in [9.17, 15) is 4.79 Å². The Morgan fingerprint density at radius 2 is 2.40 bits per heavy atom. The smallest absolute Gasteiger partial charge is 0.343 e. The third kappa shape index (κ3) is 3.94. The molecule has 0 aliphatic carbocycles. The Morgan fingerprint density at radius 3 is 3.05 bits per heavy atom. The summed E-state index contributed by atoms with van der Waals surface area (Å²) in [6.07, 6.45) is 2.39. The van der Waals surface area contributed by atoms with E-state index >= 15 is 0 Å². The van der Waals surface area contributed by atoms with Gasteiger partial charge in [0.1, 0.15) is 11.4 Å². The van der Waals surface area contributed by atoms with E-state index in [0.717, 1.165) is 12.2 Å². The maximum absolute atomic E-state index is 11.6. The molecule has 0 aromatic carbocycles. The van der Waals surface area contributed by atoms with Crippen LogP contribution in [-0.4, -0.2) is 28.3 Å². The van der Waals surface area contributed by atoms with E-state index in [4.69, 9.17) is 10.5 Å². The molecule has 0 spiro atoms. The lowest BCUT2D eigenvalue weighted by Crippen LogP contribution is -2.10. The number of ether oxygens (including phenoxy) is 1. The van der Waals surface area contributed by atoms with Gasteiger partial charge in [0.2, 0.25) is 0 Å². The van der Waals surface area contributed by atoms with Gasteiger partial charge in [-0.05, 0) is 24.8 Å². The Labute approximate surface area is 125 Å². The number of hydrogen-bond donors (Lipinski definition) is 1. The maximum Gasteiger partial charge on any atom is 0.343 e. The summed E-state index contributed by atoms with van der Waals surface area (Å²) in [5.74, 6) is 0.552. The third-order valence-electron chi connectivity index (χ3n) is 2.45. The second-order valence-electron chi connectivity index (χ2n) is 3.85. The molecule has 0 saturated carbocycles. The largest absolute Gasteiger partial charge is 0.462 e. The first kappa shape index (κ1) is 14.8. The number of rotatable bonds is 6. The molecular weight excluding hydrogens is 294 g/mol. The molecule has 106 valence electrons. The molecule has 0 fully saturated rings. The zero-order chi connectivity index (χ0) is 14.4. The molecule has 0 aliphatic rings. The van der Waals surface area contributed by atoms with Crippen LogP contribution >= 0.6 is 23.1 Å². The molecule has 0 saturated heterocycles. The number of nitrogen functional groups attached to an aromatic ring is 1. The van der Waals surface area contributed by atoms with Crippen molar-refractivity contribution >= 4 is 34.9 Å². The number of aryl methyl sites for hydroxylation is 1. The molecule has 7 heteroatoms. The van der Waals surface area contributed by atoms with Gasteiger partial charge in [-0.1, -0.05) is 17.8 Å². The number of nitrogens with two attached hydrogens (primary N) is 1. The number of anilines is 1. The van der Waals surface area contributed by atoms with E-state index in [0.29, 0.717) is 11.8 Å². The first-order valence-corrected chi connectivity index (χ1v) is 8.02. The minimum Gasteiger partial charge on any atom is -0.462 e. The standard InChI is InChI=1S/C13H15N3O2S2/c1-2-18-12(17)10-8-15-13(16-11(10)14)20-7-5-9-4-3-6-19-9/h3-4,6,8H,2,5,7H2,1H3,(H2,14,15,16). The van der Waals surface area contributed by atoms with E-state index in [1.807, 2.05) is 6.07 Å². The predicted molar refractivity (Wildman–Crippen MR) is 81.1 cm³/mol. The van der Waals surface area contributed by atoms with Crippen LogP contribution in [0, 0.1) is 0 Å². The van der Waals surface area contributed by atoms with Crippen LogP contribution in [0.4, 0.5) is 5.82 Å². The van der Waals surface area contributed by atoms with Gasteiger partial charge in [-0.3, -0.25) is 0 Å². The Morgan fingerprint density at radius 1 is 1.55 bits per heavy atom. The fourth-order valence-corrected chi connectivity index (χ4v) is 3.14. The molecule has 0 atom stereocenters. The quantitative estimate of drug-likeness (QED) is 0.502. The van der Waals surface area contributed by atoms with Crippen molar-refractivity contribution in [3.63, 3.8) is 0 Å². The van der Waals surface area contributed by atoms with E-state index < -0.39 is 5.97 Å². The number of nitrogens with zero attached hydrogens (tertiary/aromatic N) is 2. The van der Waals surface area contributed by atoms with Crippen molar-refractivity contribution in [3.05, 3.63) is 34.2 Å². The first-order valence-electron chi connectivity index (χ1n) is 6.15. The van der Waals surface area contributed by atoms with Crippen LogP contribution in [0.3, 0.4) is 0 Å². The van der Waals surface area contributed by atoms with E-state index in [-0.39, 0.29) is 11.4 Å². The highest BCUT2D eigenvalue weighted by Gasteiger charge is 2.13. The van der Waals surface area contributed by atoms with Gasteiger partial charge >= 0.3 is 5.97 Å². The lowest BCUT2D eigenvalue weighted by atomic mass is 10.3. The van der Waals surface area contributed by atoms with Crippen molar-refractivity contribution in [3.8, 4) is 0 Å². The Bertz CT molecular complexity index is 573. The van der Waals surface area contributed by atoms with Gasteiger partial charge in [-0.2, -0.15) is 0 Å². The normalized spacial score (nSPS) is 10.4. The van der Waals surface area contributed by atoms with Crippen LogP contribution in [0.2, 0.25) is 0 Å². The molecule has 2 heterocycles. The molecule has 2 aromatic heterocycles. The summed E-state index contributed by atoms with van der Waals surface area (Å²) in [4.78, 5) is 21.1. The fraction of sp³-hybridized carbons (Fsp3) is 0.308. The number of carbonyl (C=O) groups excluding carboxylic acids is 1. The molecule has 2 aromatic rings. The summed E-state index contributed by atoms with van der Waals surface area (Å²) in [6.45, 7) is 2.04. The van der Waals surface area contributed by atoms with E-state index in [1.165, 1.54) is 22.8 Å². The molecule has 5 nitrogen and oxygen atoms in total. The molecule has 2 N–H and O–H groups in total. The van der Waals surface area contributed by atoms with Crippen LogP contribution < -0.4 is 5.73 Å². The summed E-state index contributed by atoms with van der Waals surface area (Å²) in [5.41, 5.74) is 5.97. The van der Waals surface area contributed by atoms with Crippen molar-refractivity contribution in [1.29, 1.82) is 0 Å². The van der Waals surface area contributed by atoms with E-state index in [1.54, 1.807) is 18.3 Å². The van der Waals surface area contributed by atoms with Gasteiger partial charge < -0.3 is 10.5 Å². The number of esters is 1. The molecule has 0 bridgehead atoms. The highest BCUT2D eigenvalue weighted by molar-refractivity contribution is 7.99. The van der Waals surface area contributed by atoms with Crippen LogP contribution in [0.15, 0.2) is 28.9 Å². The first-order chi connectivity index (χ1) is 9.70. The second-order valence-corrected chi connectivity index (χ2v) is 5.94. The predicted octanol–water partition coefficient (Wildman–Crippen LogP) is 2.63. The second kappa shape index (κ2) is 7.25. The lowest BCUT2D eigenvalue weighted by molar-refractivity contribution is 0.0526. The lowest BCUT2D eigenvalue weighted by Gasteiger charge is -2.05. The maximum atomic E-state index is 11.6. The Balaban J connectivity index is 1.93. The molecule has 0 radical (unpaired) electrons. The topological polar surface area (TPSA) is 78.1 Å². The van der Waals surface area contributed by atoms with Gasteiger partial charge in [-0.15, -0.1) is 11.3 Å². The van der Waals surface area contributed by atoms with Gasteiger partial charge in [0, 0.05) is 16.8 Å². The number of thiophene rings is 1. The number of thioether (sulfide) groups is 1. The summed E-state index contributed by atoms with van der Waals surface area (Å²) >= 11 is 3.25. The molecule has 0 amide bonds. The van der Waals surface area contributed by atoms with Gasteiger partial charge in [0.25, 0.3) is 0 Å². The molecule has 20 heavy (non-hydrogen) atoms. The molecule has 0 aliphatic heterocycles. The zero-order valence-electron chi connectivity index (χ0n) is 11.0. The SMILES string of the molecule is CCOC(=O)c1cnc(SCCc2cccs2)nc1N. The van der Waals surface area contributed by atoms with Crippen LogP contribution in [0.1, 0.15) is 22.2 Å². The number of aromatic nitrogens is 2. The Kier molecular flexibility index (Phi) is 5.37. The average Bonchev–Trinajstić information content (AvgIpc) is 2.92. The van der Waals surface area contributed by atoms with Crippen molar-refractivity contribution in [2.24, 2.45) is 0 Å². The third-order valence-corrected chi connectivity index (χ3v) is 4.25. The minimum atomic E-state index is -0.486. The van der Waals surface area contributed by atoms with Gasteiger partial charge in [0.05, 0.1) is 6.61 Å². The van der Waals surface area contributed by atoms with Crippen LogP contribution in [-0.2, 0) is 11.2 Å². The highest BCUT2D eigenvalue weighted by Crippen LogP contribution is 2.19. The highest BCUT2D eigenvalue weighted by atomic mass is 32.2. The fourth-order valence-electron chi connectivity index (χ4n) is 1.51. The van der Waals surface area contributed by atoms with Crippen molar-refractivity contribution < 1.29 is 9.53 Å². The van der Waals surface area contributed by atoms with Gasteiger partial charge in [-0.25, -0.2) is 14.8 Å². The minimum absolute atomic E-state index is 0.164. The van der Waals surface area contributed by atoms with Gasteiger partial charge in [0.15, 0.2) is 5.16 Å². The average molecular weight is 309 g/mol. The van der Waals surface area contributed by atoms with E-state index in [2.05, 4.69) is 21.4 Å². The molecule has 2 rings (SSSR count). The summed E-state index contributed by atoms with van der Waals surface area (Å²) in [5, 5.41) is 2.63.